The van der Waals surface area contributed by atoms with Crippen molar-refractivity contribution in [1.82, 2.24) is 14.9 Å². The summed E-state index contributed by atoms with van der Waals surface area (Å²) in [6, 6.07) is 14.9. The smallest absolute Gasteiger partial charge is 0.307 e. The second-order valence-corrected chi connectivity index (χ2v) is 7.24. The number of aryl methyl sites for hydroxylation is 2. The summed E-state index contributed by atoms with van der Waals surface area (Å²) in [7, 11) is 1.63. The number of esters is 1. The summed E-state index contributed by atoms with van der Waals surface area (Å²) < 4.78 is 6.67. The highest BCUT2D eigenvalue weighted by Gasteiger charge is 2.18. The molecule has 3 aromatic rings. The van der Waals surface area contributed by atoms with Gasteiger partial charge in [0.2, 0.25) is 0 Å². The van der Waals surface area contributed by atoms with E-state index in [2.05, 4.69) is 10.3 Å². The van der Waals surface area contributed by atoms with Crippen molar-refractivity contribution in [2.45, 2.75) is 39.3 Å². The fraction of sp³-hybridized carbons (Fsp3) is 0.304. The average Bonchev–Trinajstić information content (AvgIpc) is 2.74. The quantitative estimate of drug-likeness (QED) is 0.608. The molecule has 1 atom stereocenters. The van der Waals surface area contributed by atoms with Gasteiger partial charge in [-0.15, -0.1) is 0 Å². The number of benzene rings is 2. The van der Waals surface area contributed by atoms with E-state index >= 15 is 0 Å². The molecule has 0 aliphatic rings. The van der Waals surface area contributed by atoms with Crippen molar-refractivity contribution in [1.29, 1.82) is 0 Å². The number of aromatic nitrogens is 2. The molecule has 0 radical (unpaired) electrons. The van der Waals surface area contributed by atoms with Crippen LogP contribution < -0.4 is 10.9 Å². The van der Waals surface area contributed by atoms with Gasteiger partial charge in [-0.2, -0.15) is 0 Å². The Morgan fingerprint density at radius 3 is 2.57 bits per heavy atom. The van der Waals surface area contributed by atoms with E-state index in [1.54, 1.807) is 25.2 Å². The van der Waals surface area contributed by atoms with Crippen LogP contribution in [0.25, 0.3) is 10.9 Å². The fourth-order valence-corrected chi connectivity index (χ4v) is 3.05. The van der Waals surface area contributed by atoms with Crippen LogP contribution in [0, 0.1) is 6.92 Å². The third-order valence-corrected chi connectivity index (χ3v) is 4.89. The van der Waals surface area contributed by atoms with Crippen molar-refractivity contribution in [2.75, 3.05) is 0 Å². The van der Waals surface area contributed by atoms with Crippen LogP contribution in [0.1, 0.15) is 30.3 Å². The number of amides is 1. The summed E-state index contributed by atoms with van der Waals surface area (Å²) in [5.41, 5.74) is 2.54. The second-order valence-electron chi connectivity index (χ2n) is 7.24. The standard InChI is InChI=1S/C23H25N3O4/c1-15-8-10-17(11-9-15)14-24-22(28)16(2)30-21(27)13-12-20-25-19-7-5-4-6-18(19)23(29)26(20)3/h4-11,16H,12-14H2,1-3H3,(H,24,28). The van der Waals surface area contributed by atoms with Gasteiger partial charge < -0.3 is 10.1 Å². The zero-order valence-corrected chi connectivity index (χ0v) is 17.3. The number of fused-ring (bicyclic) bond motifs is 1. The molecule has 1 amide bonds. The van der Waals surface area contributed by atoms with Crippen molar-refractivity contribution in [3.63, 3.8) is 0 Å². The van der Waals surface area contributed by atoms with Crippen LogP contribution in [0.3, 0.4) is 0 Å². The summed E-state index contributed by atoms with van der Waals surface area (Å²) in [4.78, 5) is 41.3. The number of hydrogen-bond acceptors (Lipinski definition) is 5. The number of rotatable bonds is 7. The Bertz CT molecular complexity index is 1120. The highest BCUT2D eigenvalue weighted by Crippen LogP contribution is 2.09. The first-order valence-electron chi connectivity index (χ1n) is 9.82. The predicted molar refractivity (Wildman–Crippen MR) is 114 cm³/mol. The normalized spacial score (nSPS) is 11.8. The number of nitrogens with zero attached hydrogens (tertiary/aromatic N) is 2. The summed E-state index contributed by atoms with van der Waals surface area (Å²) in [5.74, 6) is -0.386. The van der Waals surface area contributed by atoms with Gasteiger partial charge in [-0.25, -0.2) is 4.98 Å². The lowest BCUT2D eigenvalue weighted by Gasteiger charge is -2.14. The molecule has 0 aliphatic heterocycles. The van der Waals surface area contributed by atoms with Crippen molar-refractivity contribution < 1.29 is 14.3 Å². The van der Waals surface area contributed by atoms with Crippen LogP contribution in [-0.2, 0) is 34.3 Å². The maximum atomic E-state index is 12.4. The summed E-state index contributed by atoms with van der Waals surface area (Å²) in [6.45, 7) is 3.89. The van der Waals surface area contributed by atoms with Crippen LogP contribution in [0.2, 0.25) is 0 Å². The third-order valence-electron chi connectivity index (χ3n) is 4.89. The minimum absolute atomic E-state index is 0.0220. The molecule has 0 saturated carbocycles. The van der Waals surface area contributed by atoms with E-state index < -0.39 is 12.1 Å². The molecule has 0 fully saturated rings. The lowest BCUT2D eigenvalue weighted by atomic mass is 10.1. The molecule has 7 heteroatoms. The van der Waals surface area contributed by atoms with E-state index in [1.807, 2.05) is 37.3 Å². The van der Waals surface area contributed by atoms with Crippen LogP contribution in [0.15, 0.2) is 53.3 Å². The summed E-state index contributed by atoms with van der Waals surface area (Å²) in [6.07, 6.45) is -0.641. The molecule has 2 aromatic carbocycles. The molecule has 3 rings (SSSR count). The number of hydrogen-bond donors (Lipinski definition) is 1. The minimum atomic E-state index is -0.906. The molecule has 0 spiro atoms. The van der Waals surface area contributed by atoms with E-state index in [9.17, 15) is 14.4 Å². The van der Waals surface area contributed by atoms with Crippen molar-refractivity contribution in [3.05, 3.63) is 75.8 Å². The van der Waals surface area contributed by atoms with Crippen molar-refractivity contribution >= 4 is 22.8 Å². The molecule has 156 valence electrons. The zero-order chi connectivity index (χ0) is 21.7. The third kappa shape index (κ3) is 5.11. The molecule has 7 nitrogen and oxygen atoms in total. The van der Waals surface area contributed by atoms with Crippen LogP contribution in [-0.4, -0.2) is 27.5 Å². The van der Waals surface area contributed by atoms with Gasteiger partial charge in [-0.05, 0) is 31.5 Å². The maximum absolute atomic E-state index is 12.4. The van der Waals surface area contributed by atoms with E-state index in [0.717, 1.165) is 11.1 Å². The Kier molecular flexibility index (Phi) is 6.61. The Morgan fingerprint density at radius 2 is 1.83 bits per heavy atom. The molecule has 0 bridgehead atoms. The van der Waals surface area contributed by atoms with E-state index in [-0.39, 0.29) is 24.3 Å². The van der Waals surface area contributed by atoms with Crippen molar-refractivity contribution in [3.8, 4) is 0 Å². The van der Waals surface area contributed by atoms with Crippen LogP contribution in [0.5, 0.6) is 0 Å². The molecular formula is C23H25N3O4. The first-order valence-corrected chi connectivity index (χ1v) is 9.82. The lowest BCUT2D eigenvalue weighted by Crippen LogP contribution is -2.35. The van der Waals surface area contributed by atoms with E-state index in [0.29, 0.717) is 23.3 Å². The van der Waals surface area contributed by atoms with Gasteiger partial charge in [0.1, 0.15) is 5.82 Å². The number of carbonyl (C=O) groups is 2. The molecular weight excluding hydrogens is 382 g/mol. The SMILES string of the molecule is Cc1ccc(CNC(=O)C(C)OC(=O)CCc2nc3ccccc3c(=O)n2C)cc1. The van der Waals surface area contributed by atoms with Gasteiger partial charge in [0.05, 0.1) is 17.3 Å². The van der Waals surface area contributed by atoms with Gasteiger partial charge in [0, 0.05) is 20.0 Å². The molecule has 1 N–H and O–H groups in total. The second kappa shape index (κ2) is 9.35. The van der Waals surface area contributed by atoms with Gasteiger partial charge in [0.15, 0.2) is 6.10 Å². The van der Waals surface area contributed by atoms with Gasteiger partial charge in [-0.3, -0.25) is 19.0 Å². The molecule has 1 aromatic heterocycles. The number of para-hydroxylation sites is 1. The van der Waals surface area contributed by atoms with Gasteiger partial charge in [0.25, 0.3) is 11.5 Å². The number of nitrogens with one attached hydrogen (secondary N) is 1. The zero-order valence-electron chi connectivity index (χ0n) is 17.3. The van der Waals surface area contributed by atoms with Crippen LogP contribution in [0.4, 0.5) is 0 Å². The Labute approximate surface area is 174 Å². The average molecular weight is 407 g/mol. The monoisotopic (exact) mass is 407 g/mol. The molecule has 1 unspecified atom stereocenters. The Hall–Kier alpha value is -3.48. The molecule has 30 heavy (non-hydrogen) atoms. The van der Waals surface area contributed by atoms with Gasteiger partial charge in [-0.1, -0.05) is 42.0 Å². The first-order chi connectivity index (χ1) is 14.3. The van der Waals surface area contributed by atoms with E-state index in [1.165, 1.54) is 11.5 Å². The summed E-state index contributed by atoms with van der Waals surface area (Å²) >= 11 is 0. The topological polar surface area (TPSA) is 90.3 Å². The fourth-order valence-electron chi connectivity index (χ4n) is 3.05. The maximum Gasteiger partial charge on any atom is 0.307 e. The van der Waals surface area contributed by atoms with E-state index in [4.69, 9.17) is 4.74 Å². The predicted octanol–water partition coefficient (Wildman–Crippen LogP) is 2.42. The van der Waals surface area contributed by atoms with Crippen LogP contribution >= 0.6 is 0 Å². The highest BCUT2D eigenvalue weighted by molar-refractivity contribution is 5.83. The molecule has 0 saturated heterocycles. The highest BCUT2D eigenvalue weighted by atomic mass is 16.5. The van der Waals surface area contributed by atoms with Crippen molar-refractivity contribution in [2.24, 2.45) is 7.05 Å². The first kappa shape index (κ1) is 21.2. The Balaban J connectivity index is 1.53. The largest absolute Gasteiger partial charge is 0.453 e. The Morgan fingerprint density at radius 1 is 1.13 bits per heavy atom. The minimum Gasteiger partial charge on any atom is -0.453 e. The lowest BCUT2D eigenvalue weighted by molar-refractivity contribution is -0.154. The van der Waals surface area contributed by atoms with Gasteiger partial charge >= 0.3 is 5.97 Å². The summed E-state index contributed by atoms with van der Waals surface area (Å²) in [5, 5.41) is 3.29. The number of carbonyl (C=O) groups excluding carboxylic acids is 2. The molecule has 0 aliphatic carbocycles. The number of ether oxygens (including phenoxy) is 1. The molecule has 1 heterocycles.